The summed E-state index contributed by atoms with van der Waals surface area (Å²) >= 11 is 0. The number of benzene rings is 2. The maximum Gasteiger partial charge on any atom is 0.260 e. The van der Waals surface area contributed by atoms with E-state index in [2.05, 4.69) is 0 Å². The standard InChI is InChI=1S/C18H17NO3/c1-14(20)19(18(22)16-10-6-3-7-11-16)13-12-17(21)15-8-4-2-5-9-15/h2-11H,12-13H2,1H3. The number of amides is 2. The molecule has 0 spiro atoms. The molecule has 0 bridgehead atoms. The lowest BCUT2D eigenvalue weighted by Gasteiger charge is -2.18. The van der Waals surface area contributed by atoms with Crippen molar-refractivity contribution in [3.63, 3.8) is 0 Å². The number of hydrogen-bond donors (Lipinski definition) is 0. The highest BCUT2D eigenvalue weighted by Gasteiger charge is 2.20. The maximum absolute atomic E-state index is 12.3. The summed E-state index contributed by atoms with van der Waals surface area (Å²) in [6.07, 6.45) is 0.113. The van der Waals surface area contributed by atoms with E-state index < -0.39 is 0 Å². The van der Waals surface area contributed by atoms with Crippen molar-refractivity contribution in [3.05, 3.63) is 71.8 Å². The topological polar surface area (TPSA) is 54.5 Å². The second-order valence-corrected chi connectivity index (χ2v) is 4.88. The van der Waals surface area contributed by atoms with E-state index in [1.54, 1.807) is 54.6 Å². The van der Waals surface area contributed by atoms with Gasteiger partial charge >= 0.3 is 0 Å². The van der Waals surface area contributed by atoms with E-state index in [1.165, 1.54) is 6.92 Å². The summed E-state index contributed by atoms with van der Waals surface area (Å²) < 4.78 is 0. The van der Waals surface area contributed by atoms with Crippen LogP contribution >= 0.6 is 0 Å². The molecule has 0 saturated heterocycles. The normalized spacial score (nSPS) is 10.0. The van der Waals surface area contributed by atoms with Crippen LogP contribution in [0, 0.1) is 0 Å². The molecule has 0 aliphatic heterocycles. The number of carbonyl (C=O) groups excluding carboxylic acids is 3. The van der Waals surface area contributed by atoms with Gasteiger partial charge in [-0.05, 0) is 12.1 Å². The molecule has 0 unspecified atom stereocenters. The molecule has 2 rings (SSSR count). The molecule has 0 aliphatic rings. The van der Waals surface area contributed by atoms with Gasteiger partial charge in [0.25, 0.3) is 5.91 Å². The summed E-state index contributed by atoms with van der Waals surface area (Å²) in [4.78, 5) is 37.2. The minimum Gasteiger partial charge on any atom is -0.294 e. The molecule has 0 heterocycles. The van der Waals surface area contributed by atoms with Gasteiger partial charge in [-0.15, -0.1) is 0 Å². The van der Waals surface area contributed by atoms with Crippen molar-refractivity contribution in [1.82, 2.24) is 4.90 Å². The predicted octanol–water partition coefficient (Wildman–Crippen LogP) is 2.95. The smallest absolute Gasteiger partial charge is 0.260 e. The first kappa shape index (κ1) is 15.6. The second-order valence-electron chi connectivity index (χ2n) is 4.88. The van der Waals surface area contributed by atoms with Gasteiger partial charge in [-0.25, -0.2) is 0 Å². The van der Waals surface area contributed by atoms with Crippen molar-refractivity contribution in [2.45, 2.75) is 13.3 Å². The van der Waals surface area contributed by atoms with Gasteiger partial charge in [0.1, 0.15) is 0 Å². The third-order valence-corrected chi connectivity index (χ3v) is 3.30. The molecule has 0 saturated carbocycles. The highest BCUT2D eigenvalue weighted by Crippen LogP contribution is 2.08. The van der Waals surface area contributed by atoms with Crippen LogP contribution < -0.4 is 0 Å². The molecule has 4 nitrogen and oxygen atoms in total. The quantitative estimate of drug-likeness (QED) is 0.797. The van der Waals surface area contributed by atoms with Crippen LogP contribution in [0.25, 0.3) is 0 Å². The fraction of sp³-hybridized carbons (Fsp3) is 0.167. The van der Waals surface area contributed by atoms with Crippen LogP contribution in [-0.2, 0) is 4.79 Å². The van der Waals surface area contributed by atoms with Gasteiger partial charge in [0.15, 0.2) is 5.78 Å². The van der Waals surface area contributed by atoms with Crippen LogP contribution in [-0.4, -0.2) is 29.0 Å². The third kappa shape index (κ3) is 3.88. The van der Waals surface area contributed by atoms with Gasteiger partial charge in [-0.2, -0.15) is 0 Å². The van der Waals surface area contributed by atoms with E-state index >= 15 is 0 Å². The zero-order valence-corrected chi connectivity index (χ0v) is 12.4. The molecule has 2 amide bonds. The van der Waals surface area contributed by atoms with E-state index in [-0.39, 0.29) is 30.6 Å². The number of rotatable bonds is 5. The van der Waals surface area contributed by atoms with Crippen LogP contribution in [0.2, 0.25) is 0 Å². The average Bonchev–Trinajstić information content (AvgIpc) is 2.56. The first-order valence-corrected chi connectivity index (χ1v) is 7.05. The summed E-state index contributed by atoms with van der Waals surface area (Å²) in [7, 11) is 0. The Morgan fingerprint density at radius 3 is 1.82 bits per heavy atom. The van der Waals surface area contributed by atoms with Crippen molar-refractivity contribution >= 4 is 17.6 Å². The molecular formula is C18H17NO3. The van der Waals surface area contributed by atoms with Crippen LogP contribution in [0.5, 0.6) is 0 Å². The lowest BCUT2D eigenvalue weighted by Crippen LogP contribution is -2.36. The molecule has 22 heavy (non-hydrogen) atoms. The van der Waals surface area contributed by atoms with Gasteiger partial charge in [0.2, 0.25) is 5.91 Å². The van der Waals surface area contributed by atoms with Crippen molar-refractivity contribution in [2.24, 2.45) is 0 Å². The number of carbonyl (C=O) groups is 3. The summed E-state index contributed by atoms with van der Waals surface area (Å²) in [5.41, 5.74) is 1.02. The van der Waals surface area contributed by atoms with Gasteiger partial charge in [-0.3, -0.25) is 19.3 Å². The van der Waals surface area contributed by atoms with Crippen molar-refractivity contribution in [3.8, 4) is 0 Å². The molecule has 112 valence electrons. The lowest BCUT2D eigenvalue weighted by molar-refractivity contribution is -0.126. The molecule has 0 atom stereocenters. The lowest BCUT2D eigenvalue weighted by atomic mass is 10.1. The first-order chi connectivity index (χ1) is 10.6. The van der Waals surface area contributed by atoms with E-state index in [0.29, 0.717) is 11.1 Å². The fourth-order valence-corrected chi connectivity index (χ4v) is 2.12. The predicted molar refractivity (Wildman–Crippen MR) is 83.5 cm³/mol. The molecule has 0 fully saturated rings. The highest BCUT2D eigenvalue weighted by atomic mass is 16.2. The molecule has 2 aromatic carbocycles. The largest absolute Gasteiger partial charge is 0.294 e. The molecule has 2 aromatic rings. The molecule has 0 aliphatic carbocycles. The Labute approximate surface area is 129 Å². The fourth-order valence-electron chi connectivity index (χ4n) is 2.12. The minimum atomic E-state index is -0.381. The Hall–Kier alpha value is -2.75. The zero-order chi connectivity index (χ0) is 15.9. The SMILES string of the molecule is CC(=O)N(CCC(=O)c1ccccc1)C(=O)c1ccccc1. The molecule has 0 N–H and O–H groups in total. The van der Waals surface area contributed by atoms with Crippen LogP contribution in [0.4, 0.5) is 0 Å². The van der Waals surface area contributed by atoms with Crippen molar-refractivity contribution in [2.75, 3.05) is 6.54 Å². The summed E-state index contributed by atoms with van der Waals surface area (Å²) in [5, 5.41) is 0. The summed E-state index contributed by atoms with van der Waals surface area (Å²) in [5.74, 6) is -0.837. The monoisotopic (exact) mass is 295 g/mol. The zero-order valence-electron chi connectivity index (χ0n) is 12.4. The number of imide groups is 1. The number of ketones is 1. The van der Waals surface area contributed by atoms with E-state index in [4.69, 9.17) is 0 Å². The minimum absolute atomic E-state index is 0.0801. The second kappa shape index (κ2) is 7.31. The number of hydrogen-bond acceptors (Lipinski definition) is 3. The molecule has 0 radical (unpaired) electrons. The highest BCUT2D eigenvalue weighted by molar-refractivity contribution is 6.04. The molecule has 4 heteroatoms. The molecular weight excluding hydrogens is 278 g/mol. The van der Waals surface area contributed by atoms with Gasteiger partial charge in [0, 0.05) is 31.0 Å². The van der Waals surface area contributed by atoms with E-state index in [1.807, 2.05) is 6.07 Å². The first-order valence-electron chi connectivity index (χ1n) is 7.05. The van der Waals surface area contributed by atoms with Crippen molar-refractivity contribution in [1.29, 1.82) is 0 Å². The Kier molecular flexibility index (Phi) is 5.20. The summed E-state index contributed by atoms with van der Waals surface area (Å²) in [6, 6.07) is 17.4. The van der Waals surface area contributed by atoms with Crippen molar-refractivity contribution < 1.29 is 14.4 Å². The van der Waals surface area contributed by atoms with Crippen LogP contribution in [0.15, 0.2) is 60.7 Å². The number of Topliss-reactive ketones (excluding diaryl/α,β-unsaturated/α-hetero) is 1. The van der Waals surface area contributed by atoms with Crippen LogP contribution in [0.1, 0.15) is 34.1 Å². The van der Waals surface area contributed by atoms with Gasteiger partial charge < -0.3 is 0 Å². The van der Waals surface area contributed by atoms with Gasteiger partial charge in [-0.1, -0.05) is 48.5 Å². The molecule has 0 aromatic heterocycles. The Morgan fingerprint density at radius 2 is 1.32 bits per heavy atom. The average molecular weight is 295 g/mol. The summed E-state index contributed by atoms with van der Waals surface area (Å²) in [6.45, 7) is 1.41. The Morgan fingerprint density at radius 1 is 0.818 bits per heavy atom. The Bertz CT molecular complexity index is 665. The van der Waals surface area contributed by atoms with Crippen LogP contribution in [0.3, 0.4) is 0 Å². The number of nitrogens with zero attached hydrogens (tertiary/aromatic N) is 1. The third-order valence-electron chi connectivity index (χ3n) is 3.30. The van der Waals surface area contributed by atoms with E-state index in [9.17, 15) is 14.4 Å². The van der Waals surface area contributed by atoms with E-state index in [0.717, 1.165) is 4.90 Å². The van der Waals surface area contributed by atoms with Gasteiger partial charge in [0.05, 0.1) is 0 Å². The maximum atomic E-state index is 12.3. The Balaban J connectivity index is 2.05.